The molecule has 0 unspecified atom stereocenters. The average Bonchev–Trinajstić information content (AvgIpc) is 2.07. The Morgan fingerprint density at radius 2 is 2.33 bits per heavy atom. The molecule has 0 aliphatic rings. The average molecular weight is 168 g/mol. The van der Waals surface area contributed by atoms with E-state index >= 15 is 0 Å². The second-order valence-corrected chi connectivity index (χ2v) is 2.67. The molecule has 1 heterocycles. The molecule has 0 aromatic carbocycles. The third kappa shape index (κ3) is 1.47. The van der Waals surface area contributed by atoms with Crippen molar-refractivity contribution in [3.05, 3.63) is 22.4 Å². The van der Waals surface area contributed by atoms with Crippen molar-refractivity contribution in [2.24, 2.45) is 7.05 Å². The number of nitrogens with zero attached hydrogens (tertiary/aromatic N) is 2. The summed E-state index contributed by atoms with van der Waals surface area (Å²) < 4.78 is 1.37. The number of aryl methyl sites for hydroxylation is 1. The quantitative estimate of drug-likeness (QED) is 0.697. The largest absolute Gasteiger partial charge is 0.502 e. The van der Waals surface area contributed by atoms with Gasteiger partial charge in [0, 0.05) is 13.5 Å². The van der Waals surface area contributed by atoms with E-state index < -0.39 is 0 Å². The van der Waals surface area contributed by atoms with E-state index in [2.05, 4.69) is 4.98 Å². The molecule has 1 rings (SSSR count). The predicted molar refractivity (Wildman–Crippen MR) is 45.1 cm³/mol. The molecule has 0 saturated heterocycles. The van der Waals surface area contributed by atoms with Gasteiger partial charge in [0.25, 0.3) is 5.56 Å². The molecule has 0 atom stereocenters. The first-order valence-electron chi connectivity index (χ1n) is 3.90. The Bertz CT molecular complexity index is 330. The van der Waals surface area contributed by atoms with Crippen LogP contribution in [0.1, 0.15) is 19.2 Å². The Balaban J connectivity index is 3.18. The SMILES string of the molecule is CCCc1ncc(O)c(=O)n1C. The van der Waals surface area contributed by atoms with Crippen LogP contribution in [0.2, 0.25) is 0 Å². The van der Waals surface area contributed by atoms with Crippen LogP contribution in [0, 0.1) is 0 Å². The zero-order valence-electron chi connectivity index (χ0n) is 7.24. The molecule has 12 heavy (non-hydrogen) atoms. The van der Waals surface area contributed by atoms with Crippen molar-refractivity contribution >= 4 is 0 Å². The fraction of sp³-hybridized carbons (Fsp3) is 0.500. The Labute approximate surface area is 70.5 Å². The summed E-state index contributed by atoms with van der Waals surface area (Å²) in [6.07, 6.45) is 2.89. The lowest BCUT2D eigenvalue weighted by molar-refractivity contribution is 0.453. The van der Waals surface area contributed by atoms with Gasteiger partial charge in [-0.25, -0.2) is 4.98 Å². The van der Waals surface area contributed by atoms with E-state index in [1.54, 1.807) is 7.05 Å². The van der Waals surface area contributed by atoms with Crippen molar-refractivity contribution in [1.29, 1.82) is 0 Å². The molecule has 0 saturated carbocycles. The van der Waals surface area contributed by atoms with Crippen LogP contribution < -0.4 is 5.56 Å². The van der Waals surface area contributed by atoms with Crippen LogP contribution in [0.4, 0.5) is 0 Å². The predicted octanol–water partition coefficient (Wildman–Crippen LogP) is 0.438. The maximum atomic E-state index is 11.1. The lowest BCUT2D eigenvalue weighted by Crippen LogP contribution is -2.21. The number of rotatable bonds is 2. The minimum atomic E-state index is -0.381. The fourth-order valence-corrected chi connectivity index (χ4v) is 1.02. The standard InChI is InChI=1S/C8H12N2O2/c1-3-4-7-9-5-6(11)8(12)10(7)2/h5,11H,3-4H2,1-2H3. The van der Waals surface area contributed by atoms with Crippen molar-refractivity contribution in [2.75, 3.05) is 0 Å². The highest BCUT2D eigenvalue weighted by Gasteiger charge is 2.03. The van der Waals surface area contributed by atoms with E-state index in [0.29, 0.717) is 5.82 Å². The molecule has 0 bridgehead atoms. The lowest BCUT2D eigenvalue weighted by Gasteiger charge is -2.04. The number of hydrogen-bond donors (Lipinski definition) is 1. The molecule has 0 spiro atoms. The van der Waals surface area contributed by atoms with Crippen LogP contribution >= 0.6 is 0 Å². The minimum Gasteiger partial charge on any atom is -0.502 e. The van der Waals surface area contributed by atoms with E-state index in [0.717, 1.165) is 12.8 Å². The van der Waals surface area contributed by atoms with Gasteiger partial charge < -0.3 is 5.11 Å². The summed E-state index contributed by atoms with van der Waals surface area (Å²) in [6.45, 7) is 2.01. The lowest BCUT2D eigenvalue weighted by atomic mass is 10.3. The smallest absolute Gasteiger partial charge is 0.295 e. The van der Waals surface area contributed by atoms with Gasteiger partial charge in [0.2, 0.25) is 0 Å². The van der Waals surface area contributed by atoms with Gasteiger partial charge in [-0.3, -0.25) is 9.36 Å². The summed E-state index contributed by atoms with van der Waals surface area (Å²) in [6, 6.07) is 0. The van der Waals surface area contributed by atoms with Crippen LogP contribution in [-0.4, -0.2) is 14.7 Å². The van der Waals surface area contributed by atoms with Gasteiger partial charge in [0.05, 0.1) is 6.20 Å². The minimum absolute atomic E-state index is 0.294. The van der Waals surface area contributed by atoms with E-state index in [1.807, 2.05) is 6.92 Å². The van der Waals surface area contributed by atoms with Crippen LogP contribution in [0.5, 0.6) is 5.75 Å². The normalized spacial score (nSPS) is 10.2. The van der Waals surface area contributed by atoms with E-state index in [1.165, 1.54) is 10.8 Å². The summed E-state index contributed by atoms with van der Waals surface area (Å²) in [5, 5.41) is 9.00. The van der Waals surface area contributed by atoms with Gasteiger partial charge in [-0.15, -0.1) is 0 Å². The Morgan fingerprint density at radius 3 is 2.92 bits per heavy atom. The van der Waals surface area contributed by atoms with Gasteiger partial charge in [-0.1, -0.05) is 6.92 Å². The van der Waals surface area contributed by atoms with Crippen LogP contribution in [0.15, 0.2) is 11.0 Å². The summed E-state index contributed by atoms with van der Waals surface area (Å²) in [7, 11) is 1.61. The van der Waals surface area contributed by atoms with Crippen molar-refractivity contribution < 1.29 is 5.11 Å². The van der Waals surface area contributed by atoms with Crippen LogP contribution in [-0.2, 0) is 13.5 Å². The molecule has 66 valence electrons. The van der Waals surface area contributed by atoms with E-state index in [4.69, 9.17) is 5.11 Å². The highest BCUT2D eigenvalue weighted by atomic mass is 16.3. The monoisotopic (exact) mass is 168 g/mol. The molecule has 1 aromatic heterocycles. The first-order valence-corrected chi connectivity index (χ1v) is 3.90. The number of aromatic nitrogens is 2. The third-order valence-corrected chi connectivity index (χ3v) is 1.72. The zero-order chi connectivity index (χ0) is 9.14. The topological polar surface area (TPSA) is 55.1 Å². The zero-order valence-corrected chi connectivity index (χ0v) is 7.24. The molecule has 1 aromatic rings. The molecule has 4 heteroatoms. The van der Waals surface area contributed by atoms with Crippen molar-refractivity contribution in [1.82, 2.24) is 9.55 Å². The van der Waals surface area contributed by atoms with Gasteiger partial charge in [-0.2, -0.15) is 0 Å². The highest BCUT2D eigenvalue weighted by molar-refractivity contribution is 5.11. The highest BCUT2D eigenvalue weighted by Crippen LogP contribution is 2.00. The van der Waals surface area contributed by atoms with Crippen LogP contribution in [0.3, 0.4) is 0 Å². The fourth-order valence-electron chi connectivity index (χ4n) is 1.02. The molecule has 4 nitrogen and oxygen atoms in total. The second kappa shape index (κ2) is 3.38. The molecule has 0 amide bonds. The number of aromatic hydroxyl groups is 1. The van der Waals surface area contributed by atoms with Crippen molar-refractivity contribution in [3.63, 3.8) is 0 Å². The van der Waals surface area contributed by atoms with E-state index in [9.17, 15) is 4.79 Å². The van der Waals surface area contributed by atoms with Crippen LogP contribution in [0.25, 0.3) is 0 Å². The van der Waals surface area contributed by atoms with E-state index in [-0.39, 0.29) is 11.3 Å². The first kappa shape index (κ1) is 8.77. The Kier molecular flexibility index (Phi) is 2.47. The second-order valence-electron chi connectivity index (χ2n) is 2.67. The Hall–Kier alpha value is -1.32. The molecule has 1 N–H and O–H groups in total. The summed E-state index contributed by atoms with van der Waals surface area (Å²) >= 11 is 0. The first-order chi connectivity index (χ1) is 5.66. The molecule has 0 radical (unpaired) electrons. The summed E-state index contributed by atoms with van der Waals surface area (Å²) in [5.74, 6) is 0.414. The maximum absolute atomic E-state index is 11.1. The van der Waals surface area contributed by atoms with Crippen molar-refractivity contribution in [2.45, 2.75) is 19.8 Å². The summed E-state index contributed by atoms with van der Waals surface area (Å²) in [4.78, 5) is 15.1. The molecular weight excluding hydrogens is 156 g/mol. The maximum Gasteiger partial charge on any atom is 0.295 e. The molecule has 0 fully saturated rings. The summed E-state index contributed by atoms with van der Waals surface area (Å²) in [5.41, 5.74) is -0.381. The molecular formula is C8H12N2O2. The third-order valence-electron chi connectivity index (χ3n) is 1.72. The van der Waals surface area contributed by atoms with Gasteiger partial charge >= 0.3 is 0 Å². The van der Waals surface area contributed by atoms with Gasteiger partial charge in [0.15, 0.2) is 5.75 Å². The molecule has 0 aliphatic carbocycles. The Morgan fingerprint density at radius 1 is 1.67 bits per heavy atom. The molecule has 0 aliphatic heterocycles. The van der Waals surface area contributed by atoms with Gasteiger partial charge in [-0.05, 0) is 6.42 Å². The van der Waals surface area contributed by atoms with Crippen molar-refractivity contribution in [3.8, 4) is 5.75 Å². The van der Waals surface area contributed by atoms with Gasteiger partial charge in [0.1, 0.15) is 5.82 Å². The number of hydrogen-bond acceptors (Lipinski definition) is 3.